The van der Waals surface area contributed by atoms with Crippen molar-refractivity contribution in [3.05, 3.63) is 101 Å². The normalized spacial score (nSPS) is 21.1. The van der Waals surface area contributed by atoms with Gasteiger partial charge in [0.05, 0.1) is 19.3 Å². The van der Waals surface area contributed by atoms with Crippen LogP contribution in [0.15, 0.2) is 66.7 Å². The van der Waals surface area contributed by atoms with Crippen molar-refractivity contribution in [1.29, 1.82) is 0 Å². The number of hydrogen-bond donors (Lipinski definition) is 4. The molecule has 3 aromatic carbocycles. The van der Waals surface area contributed by atoms with Gasteiger partial charge in [-0.15, -0.1) is 0 Å². The van der Waals surface area contributed by atoms with Crippen LogP contribution in [-0.4, -0.2) is 71.2 Å². The van der Waals surface area contributed by atoms with Crippen LogP contribution in [0.5, 0.6) is 5.75 Å². The van der Waals surface area contributed by atoms with Gasteiger partial charge in [-0.25, -0.2) is 8.78 Å². The Morgan fingerprint density at radius 1 is 1.08 bits per heavy atom. The monoisotopic (exact) mass is 690 g/mol. The molecule has 2 aliphatic heterocycles. The van der Waals surface area contributed by atoms with Crippen molar-refractivity contribution < 1.29 is 33.0 Å². The third-order valence-electron chi connectivity index (χ3n) is 10.4. The molecule has 3 amide bonds. The van der Waals surface area contributed by atoms with Gasteiger partial charge in [-0.1, -0.05) is 62.7 Å². The minimum Gasteiger partial charge on any atom is -0.496 e. The number of aryl methyl sites for hydroxylation is 1. The largest absolute Gasteiger partial charge is 0.496 e. The molecule has 0 aromatic heterocycles. The number of aliphatic hydroxyl groups is 1. The number of ether oxygens (including phenoxy) is 1. The summed E-state index contributed by atoms with van der Waals surface area (Å²) < 4.78 is 34.2. The van der Waals surface area contributed by atoms with Crippen molar-refractivity contribution in [2.24, 2.45) is 5.92 Å². The molecule has 0 radical (unpaired) electrons. The third kappa shape index (κ3) is 8.16. The number of carbonyl (C=O) groups excluding carboxylic acids is 3. The maximum Gasteiger partial charge on any atom is 0.249 e. The van der Waals surface area contributed by atoms with Gasteiger partial charge in [0.1, 0.15) is 29.0 Å². The van der Waals surface area contributed by atoms with Crippen LogP contribution in [0, 0.1) is 17.6 Å². The van der Waals surface area contributed by atoms with Crippen LogP contribution in [0.1, 0.15) is 62.3 Å². The number of likely N-dealkylation sites (tertiary alicyclic amines) is 1. The molecule has 3 unspecified atom stereocenters. The summed E-state index contributed by atoms with van der Waals surface area (Å²) in [5.41, 5.74) is 2.06. The molecule has 1 saturated heterocycles. The minimum absolute atomic E-state index is 0.0627. The van der Waals surface area contributed by atoms with Gasteiger partial charge >= 0.3 is 0 Å². The highest BCUT2D eigenvalue weighted by atomic mass is 19.1. The van der Waals surface area contributed by atoms with Gasteiger partial charge in [-0.05, 0) is 72.9 Å². The lowest BCUT2D eigenvalue weighted by molar-refractivity contribution is -0.144. The molecule has 0 spiro atoms. The number of carbonyl (C=O) groups is 3. The number of methoxy groups -OCH3 is 1. The van der Waals surface area contributed by atoms with Crippen LogP contribution >= 0.6 is 0 Å². The van der Waals surface area contributed by atoms with Gasteiger partial charge in [-0.2, -0.15) is 0 Å². The van der Waals surface area contributed by atoms with Crippen molar-refractivity contribution in [1.82, 2.24) is 20.9 Å². The smallest absolute Gasteiger partial charge is 0.249 e. The Hall–Kier alpha value is -4.35. The fraction of sp³-hybridized carbons (Fsp3) is 0.462. The molecule has 2 heterocycles. The quantitative estimate of drug-likeness (QED) is 0.201. The van der Waals surface area contributed by atoms with Gasteiger partial charge in [-0.3, -0.25) is 14.4 Å². The topological polar surface area (TPSA) is 120 Å². The highest BCUT2D eigenvalue weighted by Crippen LogP contribution is 2.35. The highest BCUT2D eigenvalue weighted by molar-refractivity contribution is 5.96. The zero-order valence-electron chi connectivity index (χ0n) is 29.2. The van der Waals surface area contributed by atoms with E-state index in [4.69, 9.17) is 4.74 Å². The molecule has 6 atom stereocenters. The van der Waals surface area contributed by atoms with E-state index >= 15 is 0 Å². The first-order chi connectivity index (χ1) is 23.9. The third-order valence-corrected chi connectivity index (χ3v) is 10.4. The zero-order chi connectivity index (χ0) is 36.0. The average molecular weight is 691 g/mol. The summed E-state index contributed by atoms with van der Waals surface area (Å²) in [6.45, 7) is 5.93. The molecule has 268 valence electrons. The highest BCUT2D eigenvalue weighted by Gasteiger charge is 2.53. The molecular weight excluding hydrogens is 642 g/mol. The first kappa shape index (κ1) is 36.9. The molecule has 0 saturated carbocycles. The zero-order valence-corrected chi connectivity index (χ0v) is 29.2. The average Bonchev–Trinajstić information content (AvgIpc) is 3.41. The van der Waals surface area contributed by atoms with Gasteiger partial charge in [0.25, 0.3) is 0 Å². The van der Waals surface area contributed by atoms with E-state index in [2.05, 4.69) is 16.0 Å². The van der Waals surface area contributed by atoms with E-state index in [9.17, 15) is 28.3 Å². The van der Waals surface area contributed by atoms with Gasteiger partial charge < -0.3 is 30.7 Å². The van der Waals surface area contributed by atoms with E-state index in [1.807, 2.05) is 62.4 Å². The molecule has 11 heteroatoms. The first-order valence-corrected chi connectivity index (χ1v) is 17.4. The number of aliphatic hydroxyl groups excluding tert-OH is 1. The Bertz CT molecular complexity index is 1650. The Labute approximate surface area is 292 Å². The summed E-state index contributed by atoms with van der Waals surface area (Å²) in [6, 6.07) is 16.1. The predicted molar refractivity (Wildman–Crippen MR) is 186 cm³/mol. The molecule has 2 aliphatic rings. The van der Waals surface area contributed by atoms with Crippen molar-refractivity contribution >= 4 is 17.7 Å². The summed E-state index contributed by atoms with van der Waals surface area (Å²) in [4.78, 5) is 42.7. The fourth-order valence-electron chi connectivity index (χ4n) is 7.57. The summed E-state index contributed by atoms with van der Waals surface area (Å²) in [5.74, 6) is -2.12. The number of halogens is 2. The first-order valence-electron chi connectivity index (χ1n) is 17.4. The van der Waals surface area contributed by atoms with Crippen molar-refractivity contribution in [3.63, 3.8) is 0 Å². The summed E-state index contributed by atoms with van der Waals surface area (Å²) in [6.07, 6.45) is 0.948. The number of hydrogen-bond acceptors (Lipinski definition) is 6. The lowest BCUT2D eigenvalue weighted by Gasteiger charge is -2.37. The fourth-order valence-corrected chi connectivity index (χ4v) is 7.57. The van der Waals surface area contributed by atoms with Crippen LogP contribution < -0.4 is 20.7 Å². The molecule has 0 aliphatic carbocycles. The van der Waals surface area contributed by atoms with Gasteiger partial charge in [0.15, 0.2) is 0 Å². The molecular formula is C39H48F2N4O5. The molecule has 5 rings (SSSR count). The van der Waals surface area contributed by atoms with Crippen molar-refractivity contribution in [2.75, 3.05) is 13.7 Å². The lowest BCUT2D eigenvalue weighted by Crippen LogP contribution is -2.61. The molecule has 9 nitrogen and oxygen atoms in total. The Kier molecular flexibility index (Phi) is 11.9. The van der Waals surface area contributed by atoms with Crippen LogP contribution in [0.4, 0.5) is 8.78 Å². The SMILES string of the molecule is CCC(C)C1(NC(C)=O)CCN([C@@H](CCc2ccccc2)C(=O)N[C@@H](Cc2cc(F)cc(F)c2)[C@H](O)C2Cc3cccc(OC)c3CN2)C1=O. The van der Waals surface area contributed by atoms with Crippen molar-refractivity contribution in [2.45, 2.75) is 95.6 Å². The van der Waals surface area contributed by atoms with E-state index in [1.54, 1.807) is 12.0 Å². The second-order valence-corrected chi connectivity index (χ2v) is 13.6. The summed E-state index contributed by atoms with van der Waals surface area (Å²) >= 11 is 0. The maximum atomic E-state index is 14.5. The van der Waals surface area contributed by atoms with E-state index in [-0.39, 0.29) is 42.7 Å². The molecule has 0 bridgehead atoms. The Morgan fingerprint density at radius 3 is 2.46 bits per heavy atom. The number of rotatable bonds is 14. The van der Waals surface area contributed by atoms with E-state index in [1.165, 1.54) is 19.1 Å². The standard InChI is InChI=1S/C39H48F2N4O5/c1-5-24(2)39(44-25(3)46)16-17-45(38(39)49)34(15-14-26-10-7-6-8-11-26)37(48)43-33(20-27-18-29(40)22-30(41)19-27)36(47)32-21-28-12-9-13-35(50-4)31(28)23-42-32/h6-13,18-19,22,24,32-34,36,42,47H,5,14-17,20-21,23H2,1-4H3,(H,43,48)(H,44,46)/t24?,32?,33-,34-,36+,39?/m0/s1. The van der Waals surface area contributed by atoms with Gasteiger partial charge in [0, 0.05) is 37.7 Å². The molecule has 50 heavy (non-hydrogen) atoms. The van der Waals surface area contributed by atoms with E-state index in [0.717, 1.165) is 28.5 Å². The second kappa shape index (κ2) is 16.1. The minimum atomic E-state index is -1.17. The summed E-state index contributed by atoms with van der Waals surface area (Å²) in [5, 5.41) is 21.2. The van der Waals surface area contributed by atoms with E-state index in [0.29, 0.717) is 32.2 Å². The van der Waals surface area contributed by atoms with Crippen LogP contribution in [-0.2, 0) is 40.2 Å². The van der Waals surface area contributed by atoms with Crippen molar-refractivity contribution in [3.8, 4) is 5.75 Å². The lowest BCUT2D eigenvalue weighted by atomic mass is 9.81. The van der Waals surface area contributed by atoms with Crippen LogP contribution in [0.25, 0.3) is 0 Å². The molecule has 3 aromatic rings. The molecule has 4 N–H and O–H groups in total. The number of benzene rings is 3. The predicted octanol–water partition coefficient (Wildman–Crippen LogP) is 4.23. The Balaban J connectivity index is 1.46. The number of nitrogens with one attached hydrogen (secondary N) is 3. The van der Waals surface area contributed by atoms with Crippen LogP contribution in [0.2, 0.25) is 0 Å². The second-order valence-electron chi connectivity index (χ2n) is 13.6. The Morgan fingerprint density at radius 2 is 1.80 bits per heavy atom. The number of amides is 3. The number of nitrogens with zero attached hydrogens (tertiary/aromatic N) is 1. The summed E-state index contributed by atoms with van der Waals surface area (Å²) in [7, 11) is 1.60. The number of fused-ring (bicyclic) bond motifs is 1. The van der Waals surface area contributed by atoms with E-state index < -0.39 is 47.3 Å². The maximum absolute atomic E-state index is 14.5. The molecule has 1 fully saturated rings. The van der Waals surface area contributed by atoms with Crippen LogP contribution in [0.3, 0.4) is 0 Å². The van der Waals surface area contributed by atoms with Gasteiger partial charge in [0.2, 0.25) is 17.7 Å².